The molecule has 6 heteroatoms. The van der Waals surface area contributed by atoms with Crippen LogP contribution in [-0.2, 0) is 16.6 Å². The van der Waals surface area contributed by atoms with Crippen molar-refractivity contribution in [2.75, 3.05) is 6.54 Å². The van der Waals surface area contributed by atoms with Gasteiger partial charge in [-0.1, -0.05) is 55.8 Å². The molecule has 0 aromatic heterocycles. The molecule has 0 bridgehead atoms. The van der Waals surface area contributed by atoms with Gasteiger partial charge in [0.2, 0.25) is 5.91 Å². The maximum Gasteiger partial charge on any atom is 0.273 e. The van der Waals surface area contributed by atoms with Gasteiger partial charge in [0, 0.05) is 28.6 Å². The fourth-order valence-electron chi connectivity index (χ4n) is 2.40. The average molecular weight is 347 g/mol. The molecule has 0 heterocycles. The lowest BCUT2D eigenvalue weighted by Gasteiger charge is -2.25. The van der Waals surface area contributed by atoms with E-state index in [4.69, 9.17) is 11.6 Å². The van der Waals surface area contributed by atoms with Crippen molar-refractivity contribution >= 4 is 23.2 Å². The summed E-state index contributed by atoms with van der Waals surface area (Å²) in [5.41, 5.74) is 1.15. The summed E-state index contributed by atoms with van der Waals surface area (Å²) < 4.78 is 0. The van der Waals surface area contributed by atoms with Crippen LogP contribution in [0.1, 0.15) is 25.0 Å². The van der Waals surface area contributed by atoms with Crippen LogP contribution in [0.15, 0.2) is 48.5 Å². The third kappa shape index (κ3) is 4.55. The van der Waals surface area contributed by atoms with Gasteiger partial charge >= 0.3 is 0 Å². The summed E-state index contributed by atoms with van der Waals surface area (Å²) in [5.74, 6) is -0.244. The molecule has 0 saturated carbocycles. The number of carbonyl (C=O) groups is 1. The summed E-state index contributed by atoms with van der Waals surface area (Å²) in [6.07, 6.45) is -0.0200. The molecule has 24 heavy (non-hydrogen) atoms. The Labute approximate surface area is 145 Å². The minimum Gasteiger partial charge on any atom is -0.355 e. The maximum absolute atomic E-state index is 12.2. The summed E-state index contributed by atoms with van der Waals surface area (Å²) in [7, 11) is 0. The normalized spacial score (nSPS) is 11.1. The molecule has 0 aliphatic rings. The highest BCUT2D eigenvalue weighted by atomic mass is 35.5. The Morgan fingerprint density at radius 2 is 1.79 bits per heavy atom. The highest BCUT2D eigenvalue weighted by Gasteiger charge is 2.22. The number of nitro benzene ring substituents is 1. The van der Waals surface area contributed by atoms with Gasteiger partial charge in [-0.3, -0.25) is 14.9 Å². The SMILES string of the molecule is CC(C)(CNC(=O)Cc1ccccc1[N+](=O)[O-])c1ccc(Cl)cc1. The van der Waals surface area contributed by atoms with E-state index in [0.29, 0.717) is 17.1 Å². The van der Waals surface area contributed by atoms with Gasteiger partial charge < -0.3 is 5.32 Å². The van der Waals surface area contributed by atoms with Gasteiger partial charge in [0.05, 0.1) is 11.3 Å². The predicted octanol–water partition coefficient (Wildman–Crippen LogP) is 3.88. The molecule has 5 nitrogen and oxygen atoms in total. The number of nitro groups is 1. The zero-order chi connectivity index (χ0) is 17.7. The lowest BCUT2D eigenvalue weighted by atomic mass is 9.84. The van der Waals surface area contributed by atoms with Crippen LogP contribution in [0.5, 0.6) is 0 Å². The maximum atomic E-state index is 12.2. The summed E-state index contributed by atoms with van der Waals surface area (Å²) in [6, 6.07) is 13.8. The summed E-state index contributed by atoms with van der Waals surface area (Å²) in [4.78, 5) is 22.7. The molecule has 0 saturated heterocycles. The Balaban J connectivity index is 2.00. The number of para-hydroxylation sites is 1. The van der Waals surface area contributed by atoms with Gasteiger partial charge in [0.25, 0.3) is 5.69 Å². The van der Waals surface area contributed by atoms with Gasteiger partial charge in [-0.15, -0.1) is 0 Å². The van der Waals surface area contributed by atoms with Crippen LogP contribution < -0.4 is 5.32 Å². The second-order valence-corrected chi connectivity index (χ2v) is 6.67. The van der Waals surface area contributed by atoms with Crippen LogP contribution >= 0.6 is 11.6 Å². The minimum atomic E-state index is -0.472. The Morgan fingerprint density at radius 3 is 2.42 bits per heavy atom. The number of nitrogens with one attached hydrogen (secondary N) is 1. The van der Waals surface area contributed by atoms with E-state index in [9.17, 15) is 14.9 Å². The van der Waals surface area contributed by atoms with Gasteiger partial charge in [-0.05, 0) is 17.7 Å². The molecule has 0 unspecified atom stereocenters. The molecule has 0 radical (unpaired) electrons. The monoisotopic (exact) mass is 346 g/mol. The second kappa shape index (κ2) is 7.45. The smallest absolute Gasteiger partial charge is 0.273 e. The van der Waals surface area contributed by atoms with E-state index >= 15 is 0 Å². The third-order valence-corrected chi connectivity index (χ3v) is 4.14. The molecule has 126 valence electrons. The zero-order valence-electron chi connectivity index (χ0n) is 13.6. The number of hydrogen-bond acceptors (Lipinski definition) is 3. The fraction of sp³-hybridized carbons (Fsp3) is 0.278. The Morgan fingerprint density at radius 1 is 1.17 bits per heavy atom. The molecule has 2 aromatic rings. The lowest BCUT2D eigenvalue weighted by molar-refractivity contribution is -0.385. The van der Waals surface area contributed by atoms with Crippen molar-refractivity contribution in [1.29, 1.82) is 0 Å². The zero-order valence-corrected chi connectivity index (χ0v) is 14.3. The Kier molecular flexibility index (Phi) is 5.57. The number of hydrogen-bond donors (Lipinski definition) is 1. The fourth-order valence-corrected chi connectivity index (χ4v) is 2.52. The van der Waals surface area contributed by atoms with E-state index in [1.165, 1.54) is 6.07 Å². The number of halogens is 1. The number of amides is 1. The summed E-state index contributed by atoms with van der Waals surface area (Å²) in [5, 5.41) is 14.5. The first-order valence-electron chi connectivity index (χ1n) is 7.54. The van der Waals surface area contributed by atoms with Gasteiger partial charge in [-0.2, -0.15) is 0 Å². The highest BCUT2D eigenvalue weighted by Crippen LogP contribution is 2.24. The first-order valence-corrected chi connectivity index (χ1v) is 7.92. The van der Waals surface area contributed by atoms with Crippen molar-refractivity contribution in [3.05, 3.63) is 74.8 Å². The largest absolute Gasteiger partial charge is 0.355 e. The molecular weight excluding hydrogens is 328 g/mol. The number of benzene rings is 2. The van der Waals surface area contributed by atoms with E-state index in [1.807, 2.05) is 38.1 Å². The van der Waals surface area contributed by atoms with Crippen molar-refractivity contribution in [3.63, 3.8) is 0 Å². The quantitative estimate of drug-likeness (QED) is 0.637. The third-order valence-electron chi connectivity index (χ3n) is 3.89. The predicted molar refractivity (Wildman–Crippen MR) is 94.3 cm³/mol. The van der Waals surface area contributed by atoms with Crippen molar-refractivity contribution in [1.82, 2.24) is 5.32 Å². The molecule has 1 amide bonds. The van der Waals surface area contributed by atoms with E-state index in [1.54, 1.807) is 18.2 Å². The molecule has 2 aromatic carbocycles. The van der Waals surface area contributed by atoms with E-state index < -0.39 is 4.92 Å². The van der Waals surface area contributed by atoms with Crippen LogP contribution in [0.3, 0.4) is 0 Å². The first-order chi connectivity index (χ1) is 11.3. The molecule has 0 fully saturated rings. The summed E-state index contributed by atoms with van der Waals surface area (Å²) in [6.45, 7) is 4.46. The minimum absolute atomic E-state index is 0.0200. The van der Waals surface area contributed by atoms with Crippen LogP contribution in [0.25, 0.3) is 0 Å². The first kappa shape index (κ1) is 17.9. The van der Waals surface area contributed by atoms with Crippen LogP contribution in [-0.4, -0.2) is 17.4 Å². The summed E-state index contributed by atoms with van der Waals surface area (Å²) >= 11 is 5.90. The molecule has 0 aliphatic carbocycles. The number of rotatable bonds is 6. The van der Waals surface area contributed by atoms with Crippen LogP contribution in [0.2, 0.25) is 5.02 Å². The Hall–Kier alpha value is -2.40. The van der Waals surface area contributed by atoms with Crippen LogP contribution in [0.4, 0.5) is 5.69 Å². The average Bonchev–Trinajstić information content (AvgIpc) is 2.54. The van der Waals surface area contributed by atoms with Gasteiger partial charge in [0.1, 0.15) is 0 Å². The van der Waals surface area contributed by atoms with E-state index in [-0.39, 0.29) is 23.4 Å². The standard InChI is InChI=1S/C18H19ClN2O3/c1-18(2,14-7-9-15(19)10-8-14)12-20-17(22)11-13-5-3-4-6-16(13)21(23)24/h3-10H,11-12H2,1-2H3,(H,20,22). The number of nitrogens with zero attached hydrogens (tertiary/aromatic N) is 1. The number of carbonyl (C=O) groups excluding carboxylic acids is 1. The van der Waals surface area contributed by atoms with Gasteiger partial charge in [0.15, 0.2) is 0 Å². The van der Waals surface area contributed by atoms with Crippen molar-refractivity contribution < 1.29 is 9.72 Å². The van der Waals surface area contributed by atoms with E-state index in [2.05, 4.69) is 5.32 Å². The van der Waals surface area contributed by atoms with Gasteiger partial charge in [-0.25, -0.2) is 0 Å². The molecule has 0 atom stereocenters. The molecule has 0 spiro atoms. The molecule has 2 rings (SSSR count). The molecule has 0 aliphatic heterocycles. The Bertz CT molecular complexity index is 742. The highest BCUT2D eigenvalue weighted by molar-refractivity contribution is 6.30. The van der Waals surface area contributed by atoms with Crippen molar-refractivity contribution in [3.8, 4) is 0 Å². The van der Waals surface area contributed by atoms with E-state index in [0.717, 1.165) is 5.56 Å². The lowest BCUT2D eigenvalue weighted by Crippen LogP contribution is -2.37. The second-order valence-electron chi connectivity index (χ2n) is 6.23. The van der Waals surface area contributed by atoms with Crippen LogP contribution in [0, 0.1) is 10.1 Å². The van der Waals surface area contributed by atoms with Crippen molar-refractivity contribution in [2.45, 2.75) is 25.7 Å². The molecular formula is C18H19ClN2O3. The topological polar surface area (TPSA) is 72.2 Å². The molecule has 1 N–H and O–H groups in total. The van der Waals surface area contributed by atoms with Crippen molar-refractivity contribution in [2.24, 2.45) is 0 Å².